The summed E-state index contributed by atoms with van der Waals surface area (Å²) in [6, 6.07) is 8.21. The van der Waals surface area contributed by atoms with Gasteiger partial charge in [0.2, 0.25) is 0 Å². The molecule has 0 aliphatic carbocycles. The molecule has 0 amide bonds. The van der Waals surface area contributed by atoms with E-state index in [1.54, 1.807) is 29.8 Å². The number of aromatic nitrogens is 5. The van der Waals surface area contributed by atoms with Crippen molar-refractivity contribution < 1.29 is 4.39 Å². The first-order chi connectivity index (χ1) is 11.2. The fraction of sp³-hybridized carbons (Fsp3) is 0.0667. The van der Waals surface area contributed by atoms with Crippen molar-refractivity contribution in [3.05, 3.63) is 47.9 Å². The van der Waals surface area contributed by atoms with Crippen LogP contribution in [0.15, 0.2) is 52.2 Å². The highest BCUT2D eigenvalue weighted by molar-refractivity contribution is 7.99. The van der Waals surface area contributed by atoms with Crippen LogP contribution in [0.5, 0.6) is 0 Å². The van der Waals surface area contributed by atoms with Crippen LogP contribution in [0.3, 0.4) is 0 Å². The first-order valence-electron chi connectivity index (χ1n) is 6.74. The second kappa shape index (κ2) is 5.71. The van der Waals surface area contributed by atoms with Crippen molar-refractivity contribution in [3.63, 3.8) is 0 Å². The smallest absolute Gasteiger partial charge is 0.197 e. The number of rotatable bonds is 3. The summed E-state index contributed by atoms with van der Waals surface area (Å²) in [5.41, 5.74) is 0.816. The summed E-state index contributed by atoms with van der Waals surface area (Å²) in [5.74, 6) is 0.412. The van der Waals surface area contributed by atoms with Gasteiger partial charge in [-0.2, -0.15) is 0 Å². The highest BCUT2D eigenvalue weighted by Gasteiger charge is 2.14. The Kier molecular flexibility index (Phi) is 3.55. The molecule has 0 aliphatic heterocycles. The first-order valence-corrected chi connectivity index (χ1v) is 8.43. The van der Waals surface area contributed by atoms with E-state index in [4.69, 9.17) is 0 Å². The standard InChI is InChI=1S/C15H10FN5S2/c1-21-12(9-2-4-10(16)5-3-9)19-20-15(21)23-14-11-6-7-22-13(11)17-8-18-14/h2-8H,1H3. The van der Waals surface area contributed by atoms with Gasteiger partial charge in [-0.1, -0.05) is 0 Å². The van der Waals surface area contributed by atoms with Crippen molar-refractivity contribution in [2.45, 2.75) is 10.2 Å². The van der Waals surface area contributed by atoms with E-state index in [0.29, 0.717) is 5.82 Å². The van der Waals surface area contributed by atoms with E-state index in [-0.39, 0.29) is 5.82 Å². The second-order valence-corrected chi connectivity index (χ2v) is 6.64. The normalized spacial score (nSPS) is 11.2. The summed E-state index contributed by atoms with van der Waals surface area (Å²) in [4.78, 5) is 9.53. The molecule has 0 fully saturated rings. The fourth-order valence-corrected chi connectivity index (χ4v) is 3.84. The van der Waals surface area contributed by atoms with Crippen molar-refractivity contribution in [1.82, 2.24) is 24.7 Å². The molecule has 4 rings (SSSR count). The Labute approximate surface area is 139 Å². The molecule has 4 aromatic rings. The molecule has 1 aromatic carbocycles. The van der Waals surface area contributed by atoms with E-state index in [1.807, 2.05) is 23.1 Å². The first kappa shape index (κ1) is 14.3. The second-order valence-electron chi connectivity index (χ2n) is 4.79. The molecule has 0 saturated heterocycles. The molecule has 3 aromatic heterocycles. The molecular weight excluding hydrogens is 333 g/mol. The van der Waals surface area contributed by atoms with Crippen molar-refractivity contribution in [3.8, 4) is 11.4 Å². The summed E-state index contributed by atoms with van der Waals surface area (Å²) in [6.07, 6.45) is 1.55. The fourth-order valence-electron chi connectivity index (χ4n) is 2.19. The minimum Gasteiger partial charge on any atom is -0.305 e. The monoisotopic (exact) mass is 343 g/mol. The van der Waals surface area contributed by atoms with E-state index < -0.39 is 0 Å². The van der Waals surface area contributed by atoms with Crippen LogP contribution < -0.4 is 0 Å². The Morgan fingerprint density at radius 3 is 2.74 bits per heavy atom. The van der Waals surface area contributed by atoms with Crippen LogP contribution >= 0.6 is 23.1 Å². The average molecular weight is 343 g/mol. The predicted octanol–water partition coefficient (Wildman–Crippen LogP) is 3.78. The van der Waals surface area contributed by atoms with Crippen LogP contribution in [0.4, 0.5) is 4.39 Å². The quantitative estimate of drug-likeness (QED) is 0.530. The van der Waals surface area contributed by atoms with Crippen LogP contribution in [-0.4, -0.2) is 24.7 Å². The van der Waals surface area contributed by atoms with Crippen molar-refractivity contribution in [1.29, 1.82) is 0 Å². The number of benzene rings is 1. The van der Waals surface area contributed by atoms with Crippen LogP contribution in [0.2, 0.25) is 0 Å². The van der Waals surface area contributed by atoms with Gasteiger partial charge in [-0.25, -0.2) is 14.4 Å². The summed E-state index contributed by atoms with van der Waals surface area (Å²) in [6.45, 7) is 0. The van der Waals surface area contributed by atoms with E-state index in [1.165, 1.54) is 23.9 Å². The number of hydrogen-bond acceptors (Lipinski definition) is 6. The van der Waals surface area contributed by atoms with E-state index >= 15 is 0 Å². The molecule has 0 N–H and O–H groups in total. The average Bonchev–Trinajstić information content (AvgIpc) is 3.17. The maximum atomic E-state index is 13.1. The lowest BCUT2D eigenvalue weighted by atomic mass is 10.2. The number of hydrogen-bond donors (Lipinski definition) is 0. The Hall–Kier alpha value is -2.32. The van der Waals surface area contributed by atoms with Gasteiger partial charge < -0.3 is 4.57 Å². The van der Waals surface area contributed by atoms with E-state index in [0.717, 1.165) is 26.0 Å². The zero-order valence-electron chi connectivity index (χ0n) is 12.0. The lowest BCUT2D eigenvalue weighted by Crippen LogP contribution is -1.95. The van der Waals surface area contributed by atoms with Gasteiger partial charge in [-0.3, -0.25) is 0 Å². The van der Waals surface area contributed by atoms with Gasteiger partial charge in [0.05, 0.1) is 0 Å². The molecule has 0 aliphatic rings. The third-order valence-electron chi connectivity index (χ3n) is 3.35. The summed E-state index contributed by atoms with van der Waals surface area (Å²) >= 11 is 3.01. The highest BCUT2D eigenvalue weighted by atomic mass is 32.2. The summed E-state index contributed by atoms with van der Waals surface area (Å²) < 4.78 is 14.9. The van der Waals surface area contributed by atoms with Crippen molar-refractivity contribution in [2.24, 2.45) is 7.05 Å². The zero-order valence-corrected chi connectivity index (χ0v) is 13.6. The molecule has 0 unspecified atom stereocenters. The van der Waals surface area contributed by atoms with Gasteiger partial charge in [0.15, 0.2) is 11.0 Å². The van der Waals surface area contributed by atoms with Gasteiger partial charge >= 0.3 is 0 Å². The molecule has 5 nitrogen and oxygen atoms in total. The highest BCUT2D eigenvalue weighted by Crippen LogP contribution is 2.33. The predicted molar refractivity (Wildman–Crippen MR) is 87.9 cm³/mol. The van der Waals surface area contributed by atoms with Gasteiger partial charge in [-0.05, 0) is 47.5 Å². The maximum Gasteiger partial charge on any atom is 0.197 e. The van der Waals surface area contributed by atoms with E-state index in [9.17, 15) is 4.39 Å². The molecule has 23 heavy (non-hydrogen) atoms. The Bertz CT molecular complexity index is 977. The van der Waals surface area contributed by atoms with Crippen LogP contribution in [0.1, 0.15) is 0 Å². The lowest BCUT2D eigenvalue weighted by Gasteiger charge is -2.04. The summed E-state index contributed by atoms with van der Waals surface area (Å²) in [7, 11) is 1.88. The molecule has 0 saturated carbocycles. The Morgan fingerprint density at radius 2 is 1.91 bits per heavy atom. The topological polar surface area (TPSA) is 56.5 Å². The molecule has 0 spiro atoms. The van der Waals surface area contributed by atoms with Gasteiger partial charge in [0.25, 0.3) is 0 Å². The number of thiophene rings is 1. The lowest BCUT2D eigenvalue weighted by molar-refractivity contribution is 0.628. The largest absolute Gasteiger partial charge is 0.305 e. The zero-order chi connectivity index (χ0) is 15.8. The van der Waals surface area contributed by atoms with Crippen LogP contribution in [0.25, 0.3) is 21.6 Å². The number of fused-ring (bicyclic) bond motifs is 1. The molecule has 8 heteroatoms. The molecule has 0 atom stereocenters. The minimum absolute atomic E-state index is 0.272. The van der Waals surface area contributed by atoms with Gasteiger partial charge in [0, 0.05) is 18.0 Å². The van der Waals surface area contributed by atoms with Crippen molar-refractivity contribution in [2.75, 3.05) is 0 Å². The van der Waals surface area contributed by atoms with E-state index in [2.05, 4.69) is 20.2 Å². The number of nitrogens with zero attached hydrogens (tertiary/aromatic N) is 5. The molecule has 114 valence electrons. The SMILES string of the molecule is Cn1c(Sc2ncnc3sccc23)nnc1-c1ccc(F)cc1. The van der Waals surface area contributed by atoms with Gasteiger partial charge in [-0.15, -0.1) is 21.5 Å². The maximum absolute atomic E-state index is 13.1. The molecular formula is C15H10FN5S2. The number of halogens is 1. The van der Waals surface area contributed by atoms with Crippen molar-refractivity contribution >= 4 is 33.3 Å². The minimum atomic E-state index is -0.272. The molecule has 3 heterocycles. The van der Waals surface area contributed by atoms with Gasteiger partial charge in [0.1, 0.15) is 22.0 Å². The van der Waals surface area contributed by atoms with Crippen LogP contribution in [-0.2, 0) is 7.05 Å². The molecule has 0 radical (unpaired) electrons. The molecule has 0 bridgehead atoms. The summed E-state index contributed by atoms with van der Waals surface area (Å²) in [5, 5.41) is 13.0. The Morgan fingerprint density at radius 1 is 1.09 bits per heavy atom. The third kappa shape index (κ3) is 2.60. The third-order valence-corrected chi connectivity index (χ3v) is 5.23. The Balaban J connectivity index is 1.71. The van der Waals surface area contributed by atoms with Crippen LogP contribution in [0, 0.1) is 5.82 Å².